The minimum atomic E-state index is 0.250. The van der Waals surface area contributed by atoms with Gasteiger partial charge in [-0.05, 0) is 41.4 Å². The second-order valence-electron chi connectivity index (χ2n) is 6.77. The standard InChI is InChI=1S/C17H23N/c1-17(2,3)14-6-4-12(5-7-14)13-10-15-8-9-16(11-13)18-15/h4-7,10,15-16,18H,8-9,11H2,1-3H3. The molecular weight excluding hydrogens is 218 g/mol. The molecule has 2 heterocycles. The summed E-state index contributed by atoms with van der Waals surface area (Å²) in [5.74, 6) is 0. The molecule has 0 saturated carbocycles. The highest BCUT2D eigenvalue weighted by molar-refractivity contribution is 5.68. The van der Waals surface area contributed by atoms with Crippen LogP contribution in [0, 0.1) is 0 Å². The van der Waals surface area contributed by atoms with Gasteiger partial charge in [-0.2, -0.15) is 0 Å². The molecule has 0 amide bonds. The Bertz CT molecular complexity index is 461. The van der Waals surface area contributed by atoms with Gasteiger partial charge in [-0.1, -0.05) is 51.1 Å². The molecule has 3 rings (SSSR count). The van der Waals surface area contributed by atoms with Gasteiger partial charge in [-0.15, -0.1) is 0 Å². The molecule has 1 aromatic rings. The fourth-order valence-corrected chi connectivity index (χ4v) is 3.12. The predicted molar refractivity (Wildman–Crippen MR) is 77.7 cm³/mol. The first-order valence-electron chi connectivity index (χ1n) is 7.10. The smallest absolute Gasteiger partial charge is 0.0259 e. The molecule has 1 aromatic carbocycles. The first-order valence-corrected chi connectivity index (χ1v) is 7.10. The lowest BCUT2D eigenvalue weighted by Gasteiger charge is -2.23. The van der Waals surface area contributed by atoms with Crippen LogP contribution in [0.5, 0.6) is 0 Å². The Morgan fingerprint density at radius 3 is 2.39 bits per heavy atom. The van der Waals surface area contributed by atoms with Crippen molar-refractivity contribution in [1.82, 2.24) is 5.32 Å². The molecule has 2 atom stereocenters. The molecule has 0 aliphatic carbocycles. The van der Waals surface area contributed by atoms with Crippen LogP contribution in [0.1, 0.15) is 51.2 Å². The Balaban J connectivity index is 1.85. The Morgan fingerprint density at radius 2 is 1.78 bits per heavy atom. The summed E-state index contributed by atoms with van der Waals surface area (Å²) in [6, 6.07) is 10.5. The fourth-order valence-electron chi connectivity index (χ4n) is 3.12. The van der Waals surface area contributed by atoms with E-state index in [1.807, 2.05) is 0 Å². The lowest BCUT2D eigenvalue weighted by Crippen LogP contribution is -2.31. The summed E-state index contributed by atoms with van der Waals surface area (Å²) in [5.41, 5.74) is 4.63. The highest BCUT2D eigenvalue weighted by atomic mass is 15.0. The van der Waals surface area contributed by atoms with Gasteiger partial charge >= 0.3 is 0 Å². The molecule has 1 saturated heterocycles. The van der Waals surface area contributed by atoms with Crippen LogP contribution in [0.4, 0.5) is 0 Å². The van der Waals surface area contributed by atoms with E-state index < -0.39 is 0 Å². The summed E-state index contributed by atoms with van der Waals surface area (Å²) in [5, 5.41) is 3.65. The third-order valence-electron chi connectivity index (χ3n) is 4.27. The zero-order chi connectivity index (χ0) is 12.8. The summed E-state index contributed by atoms with van der Waals surface area (Å²) in [6.45, 7) is 6.81. The van der Waals surface area contributed by atoms with Crippen molar-refractivity contribution in [3.05, 3.63) is 41.5 Å². The first-order chi connectivity index (χ1) is 8.52. The van der Waals surface area contributed by atoms with E-state index in [9.17, 15) is 0 Å². The fraction of sp³-hybridized carbons (Fsp3) is 0.529. The molecule has 2 bridgehead atoms. The van der Waals surface area contributed by atoms with Crippen LogP contribution in [0.25, 0.3) is 5.57 Å². The molecule has 1 fully saturated rings. The van der Waals surface area contributed by atoms with Crippen LogP contribution in [-0.2, 0) is 5.41 Å². The third kappa shape index (κ3) is 2.24. The molecule has 2 aliphatic heterocycles. The highest BCUT2D eigenvalue weighted by Crippen LogP contribution is 2.32. The van der Waals surface area contributed by atoms with E-state index in [4.69, 9.17) is 0 Å². The van der Waals surface area contributed by atoms with Crippen LogP contribution in [0.3, 0.4) is 0 Å². The van der Waals surface area contributed by atoms with Gasteiger partial charge in [0.05, 0.1) is 0 Å². The average Bonchev–Trinajstić information content (AvgIpc) is 2.67. The summed E-state index contributed by atoms with van der Waals surface area (Å²) < 4.78 is 0. The van der Waals surface area contributed by atoms with Crippen molar-refractivity contribution in [3.63, 3.8) is 0 Å². The topological polar surface area (TPSA) is 12.0 Å². The lowest BCUT2D eigenvalue weighted by molar-refractivity contribution is 0.574. The van der Waals surface area contributed by atoms with Crippen molar-refractivity contribution < 1.29 is 0 Å². The van der Waals surface area contributed by atoms with Gasteiger partial charge in [0.1, 0.15) is 0 Å². The van der Waals surface area contributed by atoms with E-state index in [-0.39, 0.29) is 5.41 Å². The number of rotatable bonds is 1. The maximum absolute atomic E-state index is 3.65. The van der Waals surface area contributed by atoms with E-state index in [2.05, 4.69) is 56.4 Å². The van der Waals surface area contributed by atoms with E-state index in [1.54, 1.807) is 5.57 Å². The lowest BCUT2D eigenvalue weighted by atomic mass is 9.85. The van der Waals surface area contributed by atoms with Crippen LogP contribution < -0.4 is 5.32 Å². The van der Waals surface area contributed by atoms with Crippen LogP contribution in [0.2, 0.25) is 0 Å². The van der Waals surface area contributed by atoms with E-state index in [0.717, 1.165) is 6.04 Å². The van der Waals surface area contributed by atoms with Crippen molar-refractivity contribution in [3.8, 4) is 0 Å². The van der Waals surface area contributed by atoms with E-state index >= 15 is 0 Å². The summed E-state index contributed by atoms with van der Waals surface area (Å²) in [6.07, 6.45) is 6.29. The van der Waals surface area contributed by atoms with Crippen molar-refractivity contribution in [2.24, 2.45) is 0 Å². The Labute approximate surface area is 110 Å². The van der Waals surface area contributed by atoms with Crippen LogP contribution in [0.15, 0.2) is 30.3 Å². The Morgan fingerprint density at radius 1 is 1.06 bits per heavy atom. The zero-order valence-corrected chi connectivity index (χ0v) is 11.7. The second kappa shape index (κ2) is 4.24. The van der Waals surface area contributed by atoms with E-state index in [1.165, 1.54) is 30.4 Å². The van der Waals surface area contributed by atoms with Gasteiger partial charge in [-0.25, -0.2) is 0 Å². The van der Waals surface area contributed by atoms with Gasteiger partial charge in [0.15, 0.2) is 0 Å². The van der Waals surface area contributed by atoms with Crippen LogP contribution >= 0.6 is 0 Å². The quantitative estimate of drug-likeness (QED) is 0.786. The Hall–Kier alpha value is -1.08. The summed E-state index contributed by atoms with van der Waals surface area (Å²) in [4.78, 5) is 0. The monoisotopic (exact) mass is 241 g/mol. The van der Waals surface area contributed by atoms with Gasteiger partial charge < -0.3 is 5.32 Å². The van der Waals surface area contributed by atoms with Crippen LogP contribution in [-0.4, -0.2) is 12.1 Å². The minimum absolute atomic E-state index is 0.250. The van der Waals surface area contributed by atoms with Gasteiger partial charge in [0.25, 0.3) is 0 Å². The second-order valence-corrected chi connectivity index (χ2v) is 6.77. The number of benzene rings is 1. The molecular formula is C17H23N. The zero-order valence-electron chi connectivity index (χ0n) is 11.7. The summed E-state index contributed by atoms with van der Waals surface area (Å²) >= 11 is 0. The molecule has 18 heavy (non-hydrogen) atoms. The highest BCUT2D eigenvalue weighted by Gasteiger charge is 2.28. The molecule has 1 N–H and O–H groups in total. The molecule has 0 radical (unpaired) electrons. The minimum Gasteiger partial charge on any atom is -0.307 e. The average molecular weight is 241 g/mol. The van der Waals surface area contributed by atoms with Crippen molar-refractivity contribution >= 4 is 5.57 Å². The van der Waals surface area contributed by atoms with Crippen molar-refractivity contribution in [2.45, 2.75) is 57.5 Å². The largest absolute Gasteiger partial charge is 0.307 e. The van der Waals surface area contributed by atoms with Gasteiger partial charge in [0.2, 0.25) is 0 Å². The van der Waals surface area contributed by atoms with Gasteiger partial charge in [-0.3, -0.25) is 0 Å². The molecule has 1 heteroatoms. The molecule has 0 aromatic heterocycles. The molecule has 0 spiro atoms. The number of hydrogen-bond donors (Lipinski definition) is 1. The maximum Gasteiger partial charge on any atom is 0.0259 e. The molecule has 1 nitrogen and oxygen atoms in total. The number of fused-ring (bicyclic) bond motifs is 2. The number of nitrogens with one attached hydrogen (secondary N) is 1. The van der Waals surface area contributed by atoms with Gasteiger partial charge in [0, 0.05) is 12.1 Å². The van der Waals surface area contributed by atoms with E-state index in [0.29, 0.717) is 6.04 Å². The van der Waals surface area contributed by atoms with Crippen molar-refractivity contribution in [2.75, 3.05) is 0 Å². The molecule has 96 valence electrons. The maximum atomic E-state index is 3.65. The summed E-state index contributed by atoms with van der Waals surface area (Å²) in [7, 11) is 0. The third-order valence-corrected chi connectivity index (χ3v) is 4.27. The number of hydrogen-bond acceptors (Lipinski definition) is 1. The predicted octanol–water partition coefficient (Wildman–Crippen LogP) is 3.89. The Kier molecular flexibility index (Phi) is 2.82. The first kappa shape index (κ1) is 12.0. The normalized spacial score (nSPS) is 27.2. The molecule has 2 unspecified atom stereocenters. The van der Waals surface area contributed by atoms with Crippen molar-refractivity contribution in [1.29, 1.82) is 0 Å². The molecule has 2 aliphatic rings. The SMILES string of the molecule is CC(C)(C)c1ccc(C2=CC3CCC(C2)N3)cc1.